The summed E-state index contributed by atoms with van der Waals surface area (Å²) in [5.41, 5.74) is -0.251. The summed E-state index contributed by atoms with van der Waals surface area (Å²) in [6, 6.07) is 7.35. The molecule has 9 heteroatoms. The molecule has 1 aliphatic heterocycles. The van der Waals surface area contributed by atoms with Crippen LogP contribution in [0.25, 0.3) is 5.69 Å². The molecule has 0 bridgehead atoms. The number of carbonyl (C=O) groups is 1. The minimum Gasteiger partial charge on any atom is -0.335 e. The van der Waals surface area contributed by atoms with E-state index in [0.717, 1.165) is 0 Å². The SMILES string of the molecule is Cc1cc(=O)c(C(=O)N2CCNCC2)nn1-c1ccccc1[N+](=O)[O-]. The number of rotatable bonds is 3. The van der Waals surface area contributed by atoms with Gasteiger partial charge in [0.2, 0.25) is 5.43 Å². The van der Waals surface area contributed by atoms with Crippen LogP contribution in [0.2, 0.25) is 0 Å². The fraction of sp³-hybridized carbons (Fsp3) is 0.312. The first-order chi connectivity index (χ1) is 12.0. The summed E-state index contributed by atoms with van der Waals surface area (Å²) in [5, 5.41) is 18.5. The van der Waals surface area contributed by atoms with Gasteiger partial charge in [-0.05, 0) is 13.0 Å². The molecule has 0 atom stereocenters. The average Bonchev–Trinajstić information content (AvgIpc) is 2.62. The van der Waals surface area contributed by atoms with Crippen LogP contribution < -0.4 is 10.7 Å². The number of aryl methyl sites for hydroxylation is 1. The molecular formula is C16H17N5O4. The van der Waals surface area contributed by atoms with Crippen molar-refractivity contribution in [2.75, 3.05) is 26.2 Å². The van der Waals surface area contributed by atoms with Crippen LogP contribution in [0, 0.1) is 17.0 Å². The van der Waals surface area contributed by atoms with Gasteiger partial charge in [0, 0.05) is 44.0 Å². The van der Waals surface area contributed by atoms with Crippen LogP contribution in [0.1, 0.15) is 16.2 Å². The van der Waals surface area contributed by atoms with Crippen LogP contribution in [-0.2, 0) is 0 Å². The summed E-state index contributed by atoms with van der Waals surface area (Å²) in [7, 11) is 0. The lowest BCUT2D eigenvalue weighted by Gasteiger charge is -2.27. The summed E-state index contributed by atoms with van der Waals surface area (Å²) in [4.78, 5) is 37.2. The summed E-state index contributed by atoms with van der Waals surface area (Å²) in [5.74, 6) is -0.459. The third kappa shape index (κ3) is 3.26. The Morgan fingerprint density at radius 1 is 1.28 bits per heavy atom. The number of hydrogen-bond acceptors (Lipinski definition) is 6. The van der Waals surface area contributed by atoms with Gasteiger partial charge in [-0.3, -0.25) is 19.7 Å². The molecule has 1 saturated heterocycles. The predicted molar refractivity (Wildman–Crippen MR) is 90.0 cm³/mol. The van der Waals surface area contributed by atoms with Crippen LogP contribution >= 0.6 is 0 Å². The van der Waals surface area contributed by atoms with E-state index in [-0.39, 0.29) is 17.1 Å². The van der Waals surface area contributed by atoms with Gasteiger partial charge in [-0.25, -0.2) is 4.68 Å². The number of nitrogens with one attached hydrogen (secondary N) is 1. The van der Waals surface area contributed by atoms with Crippen LogP contribution in [0.5, 0.6) is 0 Å². The van der Waals surface area contributed by atoms with Gasteiger partial charge in [0.1, 0.15) is 5.69 Å². The smallest absolute Gasteiger partial charge is 0.294 e. The first-order valence-corrected chi connectivity index (χ1v) is 7.84. The topological polar surface area (TPSA) is 110 Å². The monoisotopic (exact) mass is 343 g/mol. The van der Waals surface area contributed by atoms with E-state index in [1.165, 1.54) is 22.9 Å². The average molecular weight is 343 g/mol. The molecule has 130 valence electrons. The molecule has 1 amide bonds. The second kappa shape index (κ2) is 6.81. The van der Waals surface area contributed by atoms with Gasteiger partial charge in [0.05, 0.1) is 4.92 Å². The summed E-state index contributed by atoms with van der Waals surface area (Å²) < 4.78 is 1.27. The fourth-order valence-electron chi connectivity index (χ4n) is 2.75. The highest BCUT2D eigenvalue weighted by Crippen LogP contribution is 2.22. The highest BCUT2D eigenvalue weighted by Gasteiger charge is 2.24. The maximum absolute atomic E-state index is 12.6. The minimum atomic E-state index is -0.521. The van der Waals surface area contributed by atoms with Gasteiger partial charge in [-0.15, -0.1) is 0 Å². The van der Waals surface area contributed by atoms with Crippen LogP contribution in [0.4, 0.5) is 5.69 Å². The number of carbonyl (C=O) groups excluding carboxylic acids is 1. The van der Waals surface area contributed by atoms with Crippen molar-refractivity contribution in [3.63, 3.8) is 0 Å². The van der Waals surface area contributed by atoms with Crippen molar-refractivity contribution in [3.8, 4) is 5.69 Å². The number of amides is 1. The molecule has 1 N–H and O–H groups in total. The highest BCUT2D eigenvalue weighted by atomic mass is 16.6. The van der Waals surface area contributed by atoms with Crippen molar-refractivity contribution in [2.45, 2.75) is 6.92 Å². The molecule has 1 aromatic heterocycles. The molecule has 0 aliphatic carbocycles. The molecule has 2 aromatic rings. The molecule has 3 rings (SSSR count). The molecular weight excluding hydrogens is 326 g/mol. The number of aromatic nitrogens is 2. The van der Waals surface area contributed by atoms with Crippen molar-refractivity contribution >= 4 is 11.6 Å². The molecule has 9 nitrogen and oxygen atoms in total. The predicted octanol–water partition coefficient (Wildman–Crippen LogP) is 0.495. The maximum atomic E-state index is 12.6. The zero-order chi connectivity index (χ0) is 18.0. The lowest BCUT2D eigenvalue weighted by molar-refractivity contribution is -0.384. The van der Waals surface area contributed by atoms with E-state index in [1.54, 1.807) is 24.0 Å². The summed E-state index contributed by atoms with van der Waals surface area (Å²) >= 11 is 0. The Morgan fingerprint density at radius 2 is 1.96 bits per heavy atom. The van der Waals surface area contributed by atoms with Gasteiger partial charge in [0.15, 0.2) is 5.69 Å². The minimum absolute atomic E-state index is 0.151. The Hall–Kier alpha value is -3.07. The summed E-state index contributed by atoms with van der Waals surface area (Å²) in [6.45, 7) is 3.88. The molecule has 1 aromatic carbocycles. The van der Waals surface area contributed by atoms with E-state index in [9.17, 15) is 19.7 Å². The molecule has 1 fully saturated rings. The number of piperazine rings is 1. The zero-order valence-corrected chi connectivity index (χ0v) is 13.6. The third-order valence-electron chi connectivity index (χ3n) is 4.02. The molecule has 1 aliphatic rings. The van der Waals surface area contributed by atoms with Gasteiger partial charge >= 0.3 is 0 Å². The Labute approximate surface area is 143 Å². The van der Waals surface area contributed by atoms with Crippen LogP contribution in [0.3, 0.4) is 0 Å². The Balaban J connectivity index is 2.09. The molecule has 0 unspecified atom stereocenters. The molecule has 0 saturated carbocycles. The Morgan fingerprint density at radius 3 is 2.64 bits per heavy atom. The van der Waals surface area contributed by atoms with Gasteiger partial charge in [0.25, 0.3) is 11.6 Å². The normalized spacial score (nSPS) is 14.4. The number of benzene rings is 1. The lowest BCUT2D eigenvalue weighted by Crippen LogP contribution is -2.48. The van der Waals surface area contributed by atoms with E-state index in [0.29, 0.717) is 31.9 Å². The summed E-state index contributed by atoms with van der Waals surface area (Å²) in [6.07, 6.45) is 0. The standard InChI is InChI=1S/C16H17N5O4/c1-11-10-14(22)15(16(23)19-8-6-17-7-9-19)18-20(11)12-4-2-3-5-13(12)21(24)25/h2-5,10,17H,6-9H2,1H3. The first kappa shape index (κ1) is 16.8. The van der Waals surface area contributed by atoms with E-state index < -0.39 is 16.3 Å². The highest BCUT2D eigenvalue weighted by molar-refractivity contribution is 5.92. The van der Waals surface area contributed by atoms with Gasteiger partial charge < -0.3 is 10.2 Å². The molecule has 2 heterocycles. The zero-order valence-electron chi connectivity index (χ0n) is 13.6. The number of para-hydroxylation sites is 2. The van der Waals surface area contributed by atoms with E-state index in [1.807, 2.05) is 0 Å². The van der Waals surface area contributed by atoms with Crippen molar-refractivity contribution in [1.82, 2.24) is 20.0 Å². The largest absolute Gasteiger partial charge is 0.335 e. The Kier molecular flexibility index (Phi) is 4.57. The molecule has 0 spiro atoms. The van der Waals surface area contributed by atoms with Crippen molar-refractivity contribution in [3.05, 3.63) is 62.1 Å². The maximum Gasteiger partial charge on any atom is 0.294 e. The second-order valence-electron chi connectivity index (χ2n) is 5.70. The van der Waals surface area contributed by atoms with E-state index >= 15 is 0 Å². The second-order valence-corrected chi connectivity index (χ2v) is 5.70. The number of nitro groups is 1. The van der Waals surface area contributed by atoms with Crippen molar-refractivity contribution < 1.29 is 9.72 Å². The quantitative estimate of drug-likeness (QED) is 0.642. The van der Waals surface area contributed by atoms with Gasteiger partial charge in [-0.2, -0.15) is 5.10 Å². The Bertz CT molecular complexity index is 886. The number of nitro benzene ring substituents is 1. The third-order valence-corrected chi connectivity index (χ3v) is 4.02. The number of nitrogens with zero attached hydrogens (tertiary/aromatic N) is 4. The van der Waals surface area contributed by atoms with Crippen LogP contribution in [-0.4, -0.2) is 51.7 Å². The van der Waals surface area contributed by atoms with E-state index in [2.05, 4.69) is 10.4 Å². The fourth-order valence-corrected chi connectivity index (χ4v) is 2.75. The first-order valence-electron chi connectivity index (χ1n) is 7.84. The number of hydrogen-bond donors (Lipinski definition) is 1. The van der Waals surface area contributed by atoms with Crippen LogP contribution in [0.15, 0.2) is 35.1 Å². The van der Waals surface area contributed by atoms with Crippen molar-refractivity contribution in [1.29, 1.82) is 0 Å². The van der Waals surface area contributed by atoms with Crippen molar-refractivity contribution in [2.24, 2.45) is 0 Å². The molecule has 0 radical (unpaired) electrons. The molecule has 25 heavy (non-hydrogen) atoms. The van der Waals surface area contributed by atoms with E-state index in [4.69, 9.17) is 0 Å². The lowest BCUT2D eigenvalue weighted by atomic mass is 10.2. The van der Waals surface area contributed by atoms with Gasteiger partial charge in [-0.1, -0.05) is 12.1 Å².